The number of hydrogen-bond donors (Lipinski definition) is 9. The van der Waals surface area contributed by atoms with Gasteiger partial charge >= 0.3 is 12.1 Å². The number of aliphatic hydroxyl groups is 3. The van der Waals surface area contributed by atoms with E-state index in [1.165, 1.54) is 24.7 Å². The number of amidine groups is 1. The average Bonchev–Trinajstić information content (AvgIpc) is 2.90. The lowest BCUT2D eigenvalue weighted by molar-refractivity contribution is -0.382. The molecule has 2 aromatic heterocycles. The molecule has 14 nitrogen and oxygen atoms in total. The first kappa shape index (κ1) is 31.1. The first-order chi connectivity index (χ1) is 19.2. The van der Waals surface area contributed by atoms with Crippen LogP contribution in [0.1, 0.15) is 11.3 Å². The van der Waals surface area contributed by atoms with Crippen molar-refractivity contribution >= 4 is 23.5 Å². The van der Waals surface area contributed by atoms with Crippen molar-refractivity contribution in [2.24, 2.45) is 32.9 Å². The topological polar surface area (TPSA) is 249 Å². The van der Waals surface area contributed by atoms with Gasteiger partial charge in [0, 0.05) is 24.4 Å². The molecule has 0 aliphatic rings. The number of alkyl halides is 3. The fourth-order valence-electron chi connectivity index (χ4n) is 3.19. The molecule has 13 N–H and O–H groups in total. The molecule has 0 bridgehead atoms. The Kier molecular flexibility index (Phi) is 9.76. The zero-order chi connectivity index (χ0) is 30.3. The Balaban J connectivity index is 1.78. The number of hydrogen-bond acceptors (Lipinski definition) is 12. The van der Waals surface area contributed by atoms with Gasteiger partial charge in [-0.05, 0) is 35.9 Å². The van der Waals surface area contributed by atoms with E-state index < -0.39 is 30.4 Å². The van der Waals surface area contributed by atoms with E-state index in [4.69, 9.17) is 27.7 Å². The van der Waals surface area contributed by atoms with E-state index in [1.54, 1.807) is 24.3 Å². The number of aliphatic imine (C=N–C) groups is 2. The van der Waals surface area contributed by atoms with Crippen LogP contribution in [-0.4, -0.2) is 68.7 Å². The summed E-state index contributed by atoms with van der Waals surface area (Å²) in [6.07, 6.45) is -2.13. The quantitative estimate of drug-likeness (QED) is 0.0585. The van der Waals surface area contributed by atoms with E-state index in [9.17, 15) is 28.5 Å². The van der Waals surface area contributed by atoms with Gasteiger partial charge in [-0.3, -0.25) is 21.8 Å². The molecule has 0 aliphatic heterocycles. The number of nitrogens with zero attached hydrogens (tertiary/aromatic N) is 4. The van der Waals surface area contributed by atoms with E-state index in [0.717, 1.165) is 5.56 Å². The monoisotopic (exact) mass is 578 g/mol. The van der Waals surface area contributed by atoms with Crippen LogP contribution in [0.4, 0.5) is 24.5 Å². The Hall–Kier alpha value is -4.39. The van der Waals surface area contributed by atoms with Gasteiger partial charge in [-0.1, -0.05) is 12.1 Å². The second-order valence-electron chi connectivity index (χ2n) is 8.55. The molecule has 0 spiro atoms. The molecule has 0 fully saturated rings. The predicted octanol–water partition coefficient (Wildman–Crippen LogP) is -0.230. The van der Waals surface area contributed by atoms with Crippen LogP contribution in [0.15, 0.2) is 64.7 Å². The second-order valence-corrected chi connectivity index (χ2v) is 8.55. The molecule has 0 saturated heterocycles. The van der Waals surface area contributed by atoms with Crippen LogP contribution >= 0.6 is 0 Å². The summed E-state index contributed by atoms with van der Waals surface area (Å²) in [4.78, 5) is 15.7. The number of halogens is 3. The van der Waals surface area contributed by atoms with Crippen molar-refractivity contribution in [3.63, 3.8) is 0 Å². The lowest BCUT2D eigenvalue weighted by atomic mass is 10.1. The van der Waals surface area contributed by atoms with Crippen molar-refractivity contribution in [1.29, 1.82) is 0 Å². The van der Waals surface area contributed by atoms with E-state index in [1.807, 2.05) is 12.1 Å². The minimum absolute atomic E-state index is 0.0357. The first-order valence-electron chi connectivity index (χ1n) is 11.7. The minimum Gasteiger partial charge on any atom is -0.434 e. The van der Waals surface area contributed by atoms with Crippen molar-refractivity contribution in [2.45, 2.75) is 24.5 Å². The van der Waals surface area contributed by atoms with Crippen LogP contribution in [0.5, 0.6) is 5.88 Å². The highest BCUT2D eigenvalue weighted by molar-refractivity contribution is 6.01. The second kappa shape index (κ2) is 12.9. The molecule has 0 amide bonds. The number of benzene rings is 1. The Morgan fingerprint density at radius 3 is 2.32 bits per heavy atom. The zero-order valence-electron chi connectivity index (χ0n) is 21.4. The van der Waals surface area contributed by atoms with E-state index >= 15 is 0 Å². The van der Waals surface area contributed by atoms with Gasteiger partial charge in [-0.2, -0.15) is 13.2 Å². The molecule has 2 heterocycles. The van der Waals surface area contributed by atoms with E-state index in [2.05, 4.69) is 30.6 Å². The third-order valence-electron chi connectivity index (χ3n) is 5.29. The van der Waals surface area contributed by atoms with Crippen molar-refractivity contribution in [3.05, 3.63) is 66.0 Å². The lowest BCUT2D eigenvalue weighted by Gasteiger charge is -2.31. The predicted molar refractivity (Wildman–Crippen MR) is 144 cm³/mol. The molecule has 0 saturated carbocycles. The van der Waals surface area contributed by atoms with Crippen molar-refractivity contribution < 1.29 is 33.2 Å². The van der Waals surface area contributed by atoms with Crippen molar-refractivity contribution in [1.82, 2.24) is 15.3 Å². The highest BCUT2D eigenvalue weighted by Crippen LogP contribution is 2.24. The molecule has 17 heteroatoms. The fourth-order valence-corrected chi connectivity index (χ4v) is 3.19. The van der Waals surface area contributed by atoms with Gasteiger partial charge in [0.15, 0.2) is 0 Å². The third kappa shape index (κ3) is 9.07. The maximum absolute atomic E-state index is 12.8. The minimum atomic E-state index is -4.57. The van der Waals surface area contributed by atoms with Gasteiger partial charge in [-0.25, -0.2) is 15.0 Å². The van der Waals surface area contributed by atoms with Crippen LogP contribution in [0.25, 0.3) is 11.3 Å². The Labute approximate surface area is 231 Å². The number of anilines is 1. The third-order valence-corrected chi connectivity index (χ3v) is 5.29. The highest BCUT2D eigenvalue weighted by atomic mass is 19.4. The molecule has 0 radical (unpaired) electrons. The fraction of sp³-hybridized carbons (Fsp3) is 0.250. The number of nitrogens with two attached hydrogens (primary N) is 4. The first-order valence-corrected chi connectivity index (χ1v) is 11.7. The normalized spacial score (nSPS) is 13.0. The van der Waals surface area contributed by atoms with Crippen LogP contribution in [-0.2, 0) is 6.54 Å². The van der Waals surface area contributed by atoms with E-state index in [-0.39, 0.29) is 23.9 Å². The summed E-state index contributed by atoms with van der Waals surface area (Å²) >= 11 is 0. The molecule has 0 aliphatic carbocycles. The molecule has 41 heavy (non-hydrogen) atoms. The molecular formula is C24H29F3N10O4. The van der Waals surface area contributed by atoms with Gasteiger partial charge in [0.25, 0.3) is 5.85 Å². The highest BCUT2D eigenvalue weighted by Gasteiger charge is 2.45. The number of pyridine rings is 2. The largest absolute Gasteiger partial charge is 0.434 e. The van der Waals surface area contributed by atoms with E-state index in [0.29, 0.717) is 23.5 Å². The maximum atomic E-state index is 12.8. The molecule has 3 aromatic rings. The van der Waals surface area contributed by atoms with Crippen molar-refractivity contribution in [3.8, 4) is 17.1 Å². The maximum Gasteiger partial charge on any atom is 0.408 e. The van der Waals surface area contributed by atoms with Gasteiger partial charge in [0.2, 0.25) is 5.88 Å². The zero-order valence-corrected chi connectivity index (χ0v) is 21.4. The molecule has 1 aromatic carbocycles. The summed E-state index contributed by atoms with van der Waals surface area (Å²) in [6.45, 7) is -0.823. The standard InChI is InChI=1S/C24H29F3N10O4/c25-22(26,27)11-34-21(29)20-18(36-13-32-9-14-1-4-16(5-2-14)35-12-28)7-6-17(37-20)15-3-8-19(33-10-15)41-23(30,31)24(38,39)40/h1-8,10,12,32,36,38-40H,9,11,13,30-31H2,(H2,28,35)(H2,29,34). The summed E-state index contributed by atoms with van der Waals surface area (Å²) in [5.74, 6) is -7.10. The summed E-state index contributed by atoms with van der Waals surface area (Å²) < 4.78 is 43.2. The van der Waals surface area contributed by atoms with Gasteiger partial charge in [0.05, 0.1) is 30.1 Å². The summed E-state index contributed by atoms with van der Waals surface area (Å²) in [7, 11) is 0. The lowest BCUT2D eigenvalue weighted by Crippen LogP contribution is -2.71. The number of aromatic nitrogens is 2. The van der Waals surface area contributed by atoms with Crippen LogP contribution in [0, 0.1) is 0 Å². The van der Waals surface area contributed by atoms with Crippen LogP contribution < -0.4 is 38.3 Å². The SMILES string of the molecule is NC=Nc1ccc(CNCNc2ccc(-c3ccc(OC(N)(N)C(O)(O)O)nc3)nc2C(N)=NCC(F)(F)F)cc1. The summed E-state index contributed by atoms with van der Waals surface area (Å²) in [5.41, 5.74) is 24.4. The van der Waals surface area contributed by atoms with Gasteiger partial charge in [-0.15, -0.1) is 0 Å². The summed E-state index contributed by atoms with van der Waals surface area (Å²) in [6, 6.07) is 13.1. The van der Waals surface area contributed by atoms with Gasteiger partial charge in [0.1, 0.15) is 18.1 Å². The molecule has 0 atom stereocenters. The Bertz CT molecular complexity index is 1360. The number of rotatable bonds is 12. The van der Waals surface area contributed by atoms with Gasteiger partial charge < -0.3 is 36.8 Å². The molecule has 3 rings (SSSR count). The molecule has 0 unspecified atom stereocenters. The Morgan fingerprint density at radius 1 is 1.02 bits per heavy atom. The van der Waals surface area contributed by atoms with Crippen LogP contribution in [0.3, 0.4) is 0 Å². The molecule has 220 valence electrons. The van der Waals surface area contributed by atoms with Crippen LogP contribution in [0.2, 0.25) is 0 Å². The Morgan fingerprint density at radius 2 is 1.73 bits per heavy atom. The summed E-state index contributed by atoms with van der Waals surface area (Å²) in [5, 5.41) is 33.8. The number of nitrogens with one attached hydrogen (secondary N) is 2. The smallest absolute Gasteiger partial charge is 0.408 e. The molecular weight excluding hydrogens is 549 g/mol. The van der Waals surface area contributed by atoms with Crippen molar-refractivity contribution in [2.75, 3.05) is 18.5 Å². The number of ether oxygens (including phenoxy) is 1. The average molecular weight is 579 g/mol.